The van der Waals surface area contributed by atoms with Crippen molar-refractivity contribution in [3.05, 3.63) is 131 Å². The molecule has 0 spiro atoms. The Morgan fingerprint density at radius 1 is 0.500 bits per heavy atom. The molecule has 0 fully saturated rings. The third-order valence-corrected chi connectivity index (χ3v) is 4.13. The highest BCUT2D eigenvalue weighted by Crippen LogP contribution is 2.08. The smallest absolute Gasteiger partial charge is 0.113 e. The fourth-order valence-corrected chi connectivity index (χ4v) is 2.66. The van der Waals surface area contributed by atoms with Gasteiger partial charge < -0.3 is 0 Å². The average Bonchev–Trinajstić information content (AvgIpc) is 2.82. The number of pyridine rings is 2. The molecule has 0 aliphatic rings. The van der Waals surface area contributed by atoms with Crippen LogP contribution >= 0.6 is 0 Å². The lowest BCUT2D eigenvalue weighted by atomic mass is 10.1. The van der Waals surface area contributed by atoms with E-state index in [1.54, 1.807) is 18.6 Å². The van der Waals surface area contributed by atoms with Crippen LogP contribution < -0.4 is 0 Å². The van der Waals surface area contributed by atoms with E-state index in [0.717, 1.165) is 33.5 Å². The molecular weight excluding hydrogens is 364 g/mol. The molecule has 2 aromatic heterocycles. The van der Waals surface area contributed by atoms with E-state index in [1.165, 1.54) is 0 Å². The maximum absolute atomic E-state index is 4.22. The first-order chi connectivity index (χ1) is 14.9. The first-order valence-corrected chi connectivity index (χ1v) is 9.43. The zero-order chi connectivity index (χ0) is 20.4. The predicted molar refractivity (Wildman–Crippen MR) is 119 cm³/mol. The number of hydrogen-bond acceptors (Lipinski definition) is 2. The number of hydrogen-bond donors (Lipinski definition) is 0. The fraction of sp³-hybridized carbons (Fsp3) is 0. The fourth-order valence-electron chi connectivity index (χ4n) is 2.66. The molecule has 0 atom stereocenters. The van der Waals surface area contributed by atoms with Crippen LogP contribution in [0.3, 0.4) is 0 Å². The summed E-state index contributed by atoms with van der Waals surface area (Å²) < 4.78 is 0. The second-order valence-corrected chi connectivity index (χ2v) is 6.33. The predicted octanol–water partition coefficient (Wildman–Crippen LogP) is 4.68. The Morgan fingerprint density at radius 3 is 1.83 bits per heavy atom. The highest BCUT2D eigenvalue weighted by Gasteiger charge is 1.96. The summed E-state index contributed by atoms with van der Waals surface area (Å²) in [5, 5.41) is 0. The van der Waals surface area contributed by atoms with Crippen LogP contribution in [-0.2, 0) is 0 Å². The summed E-state index contributed by atoms with van der Waals surface area (Å²) in [4.78, 5) is 8.32. The van der Waals surface area contributed by atoms with E-state index in [4.69, 9.17) is 0 Å². The Balaban J connectivity index is 1.58. The van der Waals surface area contributed by atoms with Gasteiger partial charge in [0.1, 0.15) is 5.69 Å². The highest BCUT2D eigenvalue weighted by molar-refractivity contribution is 5.55. The Morgan fingerprint density at radius 2 is 1.17 bits per heavy atom. The molecular formula is C28H16N2. The van der Waals surface area contributed by atoms with E-state index in [0.29, 0.717) is 0 Å². The van der Waals surface area contributed by atoms with E-state index >= 15 is 0 Å². The molecule has 0 saturated carbocycles. The molecule has 0 aliphatic carbocycles. The van der Waals surface area contributed by atoms with Crippen molar-refractivity contribution < 1.29 is 0 Å². The van der Waals surface area contributed by atoms with Crippen LogP contribution in [0.25, 0.3) is 0 Å². The summed E-state index contributed by atoms with van der Waals surface area (Å²) in [5.41, 5.74) is 5.20. The Hall–Kier alpha value is -4.58. The SMILES string of the molecule is C(#Cc1ccccc1C#Cc1cccc(C#Cc2ccccn2)c1)c1cccnc1. The standard InChI is InChI=1S/C28H16N2/c1-2-11-27(17-14-25-9-6-19-29-22-25)26(10-1)16-13-23-7-5-8-24(21-23)15-18-28-12-3-4-20-30-28/h1-12,19-22H. The van der Waals surface area contributed by atoms with Gasteiger partial charge in [0, 0.05) is 46.4 Å². The molecule has 0 saturated heterocycles. The molecule has 0 aliphatic heterocycles. The first-order valence-electron chi connectivity index (χ1n) is 9.43. The van der Waals surface area contributed by atoms with E-state index in [2.05, 4.69) is 45.5 Å². The van der Waals surface area contributed by atoms with Gasteiger partial charge in [0.05, 0.1) is 0 Å². The Labute approximate surface area is 176 Å². The van der Waals surface area contributed by atoms with Crippen LogP contribution in [0.1, 0.15) is 33.5 Å². The molecule has 0 unspecified atom stereocenters. The third-order valence-electron chi connectivity index (χ3n) is 4.13. The topological polar surface area (TPSA) is 25.8 Å². The van der Waals surface area contributed by atoms with Gasteiger partial charge in [-0.1, -0.05) is 53.9 Å². The maximum atomic E-state index is 4.22. The summed E-state index contributed by atoms with van der Waals surface area (Å²) >= 11 is 0. The van der Waals surface area contributed by atoms with Crippen molar-refractivity contribution in [2.75, 3.05) is 0 Å². The molecule has 4 rings (SSSR count). The van der Waals surface area contributed by atoms with Crippen LogP contribution in [0.15, 0.2) is 97.5 Å². The largest absolute Gasteiger partial charge is 0.263 e. The Kier molecular flexibility index (Phi) is 5.98. The van der Waals surface area contributed by atoms with Crippen LogP contribution in [0.5, 0.6) is 0 Å². The van der Waals surface area contributed by atoms with Crippen molar-refractivity contribution in [1.82, 2.24) is 9.97 Å². The molecule has 2 nitrogen and oxygen atoms in total. The molecule has 138 valence electrons. The lowest BCUT2D eigenvalue weighted by Crippen LogP contribution is -1.84. The molecule has 2 heteroatoms. The number of rotatable bonds is 0. The van der Waals surface area contributed by atoms with Gasteiger partial charge >= 0.3 is 0 Å². The van der Waals surface area contributed by atoms with Crippen LogP contribution in [0.2, 0.25) is 0 Å². The minimum Gasteiger partial charge on any atom is -0.263 e. The number of aromatic nitrogens is 2. The highest BCUT2D eigenvalue weighted by atomic mass is 14.6. The van der Waals surface area contributed by atoms with E-state index < -0.39 is 0 Å². The van der Waals surface area contributed by atoms with Gasteiger partial charge in [-0.3, -0.25) is 4.98 Å². The maximum Gasteiger partial charge on any atom is 0.113 e. The van der Waals surface area contributed by atoms with Crippen molar-refractivity contribution >= 4 is 0 Å². The average molecular weight is 380 g/mol. The summed E-state index contributed by atoms with van der Waals surface area (Å²) in [6.45, 7) is 0. The summed E-state index contributed by atoms with van der Waals surface area (Å²) in [7, 11) is 0. The lowest BCUT2D eigenvalue weighted by Gasteiger charge is -1.96. The first kappa shape index (κ1) is 18.8. The zero-order valence-electron chi connectivity index (χ0n) is 16.1. The molecule has 4 aromatic rings. The van der Waals surface area contributed by atoms with Gasteiger partial charge in [0.25, 0.3) is 0 Å². The van der Waals surface area contributed by atoms with E-state index in [1.807, 2.05) is 78.9 Å². The number of benzene rings is 2. The molecule has 0 radical (unpaired) electrons. The zero-order valence-corrected chi connectivity index (χ0v) is 16.1. The summed E-state index contributed by atoms with van der Waals surface area (Å²) in [6, 6.07) is 25.3. The Bertz CT molecular complexity index is 1340. The van der Waals surface area contributed by atoms with E-state index in [-0.39, 0.29) is 0 Å². The van der Waals surface area contributed by atoms with Crippen LogP contribution in [-0.4, -0.2) is 9.97 Å². The van der Waals surface area contributed by atoms with Crippen molar-refractivity contribution in [3.8, 4) is 35.5 Å². The second kappa shape index (κ2) is 9.57. The second-order valence-electron chi connectivity index (χ2n) is 6.33. The van der Waals surface area contributed by atoms with Gasteiger partial charge in [-0.05, 0) is 60.5 Å². The minimum atomic E-state index is 0.745. The van der Waals surface area contributed by atoms with Crippen molar-refractivity contribution in [3.63, 3.8) is 0 Å². The minimum absolute atomic E-state index is 0.745. The van der Waals surface area contributed by atoms with Gasteiger partial charge in [-0.25, -0.2) is 4.98 Å². The quantitative estimate of drug-likeness (QED) is 0.414. The molecule has 2 heterocycles. The molecule has 2 aromatic carbocycles. The molecule has 0 amide bonds. The van der Waals surface area contributed by atoms with E-state index in [9.17, 15) is 0 Å². The normalized spacial score (nSPS) is 9.20. The van der Waals surface area contributed by atoms with Crippen LogP contribution in [0, 0.1) is 35.5 Å². The van der Waals surface area contributed by atoms with Crippen molar-refractivity contribution in [1.29, 1.82) is 0 Å². The summed E-state index contributed by atoms with van der Waals surface area (Å²) in [6.07, 6.45) is 5.22. The molecule has 0 N–H and O–H groups in total. The molecule has 30 heavy (non-hydrogen) atoms. The van der Waals surface area contributed by atoms with Gasteiger partial charge in [0.15, 0.2) is 0 Å². The molecule has 0 bridgehead atoms. The lowest BCUT2D eigenvalue weighted by molar-refractivity contribution is 1.29. The van der Waals surface area contributed by atoms with Crippen LogP contribution in [0.4, 0.5) is 0 Å². The van der Waals surface area contributed by atoms with Crippen molar-refractivity contribution in [2.24, 2.45) is 0 Å². The number of nitrogens with zero attached hydrogens (tertiary/aromatic N) is 2. The monoisotopic (exact) mass is 380 g/mol. The third kappa shape index (κ3) is 5.24. The van der Waals surface area contributed by atoms with Crippen molar-refractivity contribution in [2.45, 2.75) is 0 Å². The van der Waals surface area contributed by atoms with Gasteiger partial charge in [0.2, 0.25) is 0 Å². The van der Waals surface area contributed by atoms with Gasteiger partial charge in [-0.15, -0.1) is 0 Å². The summed E-state index contributed by atoms with van der Waals surface area (Å²) in [5.74, 6) is 19.0. The van der Waals surface area contributed by atoms with Gasteiger partial charge in [-0.2, -0.15) is 0 Å².